The van der Waals surface area contributed by atoms with Crippen molar-refractivity contribution in [1.82, 2.24) is 19.7 Å². The number of hydrogen-bond acceptors (Lipinski definition) is 4. The Morgan fingerprint density at radius 3 is 2.43 bits per heavy atom. The summed E-state index contributed by atoms with van der Waals surface area (Å²) in [5.74, 6) is 1.72. The van der Waals surface area contributed by atoms with Crippen LogP contribution in [0.1, 0.15) is 42.1 Å². The van der Waals surface area contributed by atoms with E-state index in [0.29, 0.717) is 12.5 Å². The number of carbonyl (C=O) groups excluding carboxylic acids is 1. The van der Waals surface area contributed by atoms with Crippen LogP contribution in [0.15, 0.2) is 61.2 Å². The fourth-order valence-corrected chi connectivity index (χ4v) is 4.00. The Balaban J connectivity index is 1.25. The second-order valence-corrected chi connectivity index (χ2v) is 7.74. The molecular weight excluding hydrogens is 376 g/mol. The molecule has 2 heterocycles. The highest BCUT2D eigenvalue weighted by molar-refractivity contribution is 5.94. The Bertz CT molecular complexity index is 928. The Kier molecular flexibility index (Phi) is 6.42. The molecule has 1 aliphatic rings. The molecule has 0 saturated carbocycles. The minimum atomic E-state index is 0.116. The van der Waals surface area contributed by atoms with Crippen molar-refractivity contribution in [1.29, 1.82) is 0 Å². The van der Waals surface area contributed by atoms with Gasteiger partial charge in [-0.05, 0) is 80.5 Å². The van der Waals surface area contributed by atoms with Gasteiger partial charge < -0.3 is 9.64 Å². The monoisotopic (exact) mass is 404 g/mol. The average Bonchev–Trinajstić information content (AvgIpc) is 3.34. The lowest BCUT2D eigenvalue weighted by atomic mass is 9.90. The maximum Gasteiger partial charge on any atom is 0.253 e. The van der Waals surface area contributed by atoms with Gasteiger partial charge in [0, 0.05) is 18.7 Å². The summed E-state index contributed by atoms with van der Waals surface area (Å²) in [4.78, 5) is 18.8. The molecule has 30 heavy (non-hydrogen) atoms. The number of rotatable bonds is 7. The van der Waals surface area contributed by atoms with Gasteiger partial charge in [-0.1, -0.05) is 12.1 Å². The van der Waals surface area contributed by atoms with E-state index >= 15 is 0 Å². The first kappa shape index (κ1) is 20.1. The standard InChI is InChI=1S/C24H28N4O2/c1-2-30-23-11-5-19(6-12-23)3-4-20-13-15-27(16-14-20)24(29)21-7-9-22(10-8-21)28-18-25-17-26-28/h5-12,17-18,20H,2-4,13-16H2,1H3. The molecule has 6 nitrogen and oxygen atoms in total. The normalized spacial score (nSPS) is 14.6. The van der Waals surface area contributed by atoms with Gasteiger partial charge in [0.15, 0.2) is 0 Å². The Morgan fingerprint density at radius 1 is 1.07 bits per heavy atom. The van der Waals surface area contributed by atoms with Crippen LogP contribution in [-0.2, 0) is 6.42 Å². The van der Waals surface area contributed by atoms with Crippen molar-refractivity contribution in [2.24, 2.45) is 5.92 Å². The fourth-order valence-electron chi connectivity index (χ4n) is 4.00. The molecule has 4 rings (SSSR count). The third-order valence-electron chi connectivity index (χ3n) is 5.77. The van der Waals surface area contributed by atoms with E-state index in [-0.39, 0.29) is 5.91 Å². The first-order chi connectivity index (χ1) is 14.7. The highest BCUT2D eigenvalue weighted by Crippen LogP contribution is 2.24. The summed E-state index contributed by atoms with van der Waals surface area (Å²) in [6, 6.07) is 16.0. The van der Waals surface area contributed by atoms with Gasteiger partial charge in [-0.3, -0.25) is 4.79 Å². The summed E-state index contributed by atoms with van der Waals surface area (Å²) in [7, 11) is 0. The third-order valence-corrected chi connectivity index (χ3v) is 5.77. The molecule has 0 atom stereocenters. The number of nitrogens with zero attached hydrogens (tertiary/aromatic N) is 4. The predicted molar refractivity (Wildman–Crippen MR) is 116 cm³/mol. The number of piperidine rings is 1. The number of benzene rings is 2. The van der Waals surface area contributed by atoms with Crippen LogP contribution in [0.25, 0.3) is 5.69 Å². The van der Waals surface area contributed by atoms with Gasteiger partial charge in [-0.15, -0.1) is 0 Å². The molecule has 0 spiro atoms. The lowest BCUT2D eigenvalue weighted by molar-refractivity contribution is 0.0687. The predicted octanol–water partition coefficient (Wildman–Crippen LogP) is 4.15. The number of hydrogen-bond donors (Lipinski definition) is 0. The molecule has 1 fully saturated rings. The van der Waals surface area contributed by atoms with E-state index < -0.39 is 0 Å². The third kappa shape index (κ3) is 4.87. The Hall–Kier alpha value is -3.15. The molecule has 2 aromatic carbocycles. The average molecular weight is 405 g/mol. The number of ether oxygens (including phenoxy) is 1. The van der Waals surface area contributed by atoms with E-state index in [1.165, 1.54) is 18.3 Å². The van der Waals surface area contributed by atoms with Gasteiger partial charge in [0.2, 0.25) is 0 Å². The smallest absolute Gasteiger partial charge is 0.253 e. The van der Waals surface area contributed by atoms with E-state index in [0.717, 1.165) is 49.4 Å². The molecule has 1 aliphatic heterocycles. The van der Waals surface area contributed by atoms with Crippen LogP contribution in [0, 0.1) is 5.92 Å². The SMILES string of the molecule is CCOc1ccc(CCC2CCN(C(=O)c3ccc(-n4cncn4)cc3)CC2)cc1. The van der Waals surface area contributed by atoms with Gasteiger partial charge >= 0.3 is 0 Å². The maximum atomic E-state index is 12.8. The van der Waals surface area contributed by atoms with Crippen molar-refractivity contribution < 1.29 is 9.53 Å². The Morgan fingerprint density at radius 2 is 1.80 bits per heavy atom. The van der Waals surface area contributed by atoms with E-state index in [2.05, 4.69) is 22.2 Å². The van der Waals surface area contributed by atoms with Crippen molar-refractivity contribution in [3.8, 4) is 11.4 Å². The van der Waals surface area contributed by atoms with E-state index in [1.54, 1.807) is 11.0 Å². The van der Waals surface area contributed by atoms with E-state index in [9.17, 15) is 4.79 Å². The van der Waals surface area contributed by atoms with Crippen LogP contribution >= 0.6 is 0 Å². The minimum Gasteiger partial charge on any atom is -0.494 e. The number of carbonyl (C=O) groups is 1. The summed E-state index contributed by atoms with van der Waals surface area (Å²) in [6.07, 6.45) is 7.53. The van der Waals surface area contributed by atoms with Crippen LogP contribution in [0.2, 0.25) is 0 Å². The van der Waals surface area contributed by atoms with Gasteiger partial charge in [0.1, 0.15) is 18.4 Å². The van der Waals surface area contributed by atoms with Crippen molar-refractivity contribution in [3.05, 3.63) is 72.3 Å². The molecule has 0 aliphatic carbocycles. The molecule has 156 valence electrons. The van der Waals surface area contributed by atoms with Crippen LogP contribution in [0.4, 0.5) is 0 Å². The zero-order valence-corrected chi connectivity index (χ0v) is 17.4. The summed E-state index contributed by atoms with van der Waals surface area (Å²) in [5.41, 5.74) is 2.98. The largest absolute Gasteiger partial charge is 0.494 e. The topological polar surface area (TPSA) is 60.2 Å². The van der Waals surface area contributed by atoms with Crippen LogP contribution < -0.4 is 4.74 Å². The van der Waals surface area contributed by atoms with Crippen LogP contribution in [-0.4, -0.2) is 45.3 Å². The quantitative estimate of drug-likeness (QED) is 0.594. The Labute approximate surface area is 177 Å². The highest BCUT2D eigenvalue weighted by Gasteiger charge is 2.23. The summed E-state index contributed by atoms with van der Waals surface area (Å²) >= 11 is 0. The van der Waals surface area contributed by atoms with Crippen molar-refractivity contribution >= 4 is 5.91 Å². The molecule has 0 unspecified atom stereocenters. The number of aromatic nitrogens is 3. The lowest BCUT2D eigenvalue weighted by Gasteiger charge is -2.32. The molecule has 0 bridgehead atoms. The minimum absolute atomic E-state index is 0.116. The molecule has 6 heteroatoms. The summed E-state index contributed by atoms with van der Waals surface area (Å²) in [6.45, 7) is 4.36. The lowest BCUT2D eigenvalue weighted by Crippen LogP contribution is -2.38. The number of aryl methyl sites for hydroxylation is 1. The molecule has 1 aromatic heterocycles. The highest BCUT2D eigenvalue weighted by atomic mass is 16.5. The maximum absolute atomic E-state index is 12.8. The fraction of sp³-hybridized carbons (Fsp3) is 0.375. The van der Waals surface area contributed by atoms with E-state index in [1.807, 2.05) is 48.2 Å². The summed E-state index contributed by atoms with van der Waals surface area (Å²) < 4.78 is 7.19. The van der Waals surface area contributed by atoms with Crippen LogP contribution in [0.5, 0.6) is 5.75 Å². The molecule has 1 amide bonds. The zero-order chi connectivity index (χ0) is 20.8. The second-order valence-electron chi connectivity index (χ2n) is 7.74. The summed E-state index contributed by atoms with van der Waals surface area (Å²) in [5, 5.41) is 4.11. The molecular formula is C24H28N4O2. The first-order valence-corrected chi connectivity index (χ1v) is 10.7. The van der Waals surface area contributed by atoms with Crippen molar-refractivity contribution in [2.45, 2.75) is 32.6 Å². The molecule has 1 saturated heterocycles. The van der Waals surface area contributed by atoms with Crippen molar-refractivity contribution in [2.75, 3.05) is 19.7 Å². The van der Waals surface area contributed by atoms with Gasteiger partial charge in [0.25, 0.3) is 5.91 Å². The van der Waals surface area contributed by atoms with Crippen LogP contribution in [0.3, 0.4) is 0 Å². The second kappa shape index (κ2) is 9.57. The number of amides is 1. The van der Waals surface area contributed by atoms with E-state index in [4.69, 9.17) is 4.74 Å². The van der Waals surface area contributed by atoms with Gasteiger partial charge in [0.05, 0.1) is 12.3 Å². The van der Waals surface area contributed by atoms with Crippen molar-refractivity contribution in [3.63, 3.8) is 0 Å². The first-order valence-electron chi connectivity index (χ1n) is 10.7. The molecule has 3 aromatic rings. The van der Waals surface area contributed by atoms with Gasteiger partial charge in [-0.2, -0.15) is 5.10 Å². The van der Waals surface area contributed by atoms with Gasteiger partial charge in [-0.25, -0.2) is 9.67 Å². The zero-order valence-electron chi connectivity index (χ0n) is 17.4. The number of likely N-dealkylation sites (tertiary alicyclic amines) is 1. The molecule has 0 radical (unpaired) electrons. The molecule has 0 N–H and O–H groups in total.